The summed E-state index contributed by atoms with van der Waals surface area (Å²) in [5.41, 5.74) is 4.68. The lowest BCUT2D eigenvalue weighted by atomic mass is 9.94. The monoisotopic (exact) mass is 271 g/mol. The van der Waals surface area contributed by atoms with Crippen LogP contribution in [0.15, 0.2) is 18.2 Å². The van der Waals surface area contributed by atoms with Gasteiger partial charge in [-0.1, -0.05) is 44.4 Å². The highest BCUT2D eigenvalue weighted by Crippen LogP contribution is 2.28. The molecular formula is C19H29N. The lowest BCUT2D eigenvalue weighted by Gasteiger charge is -2.27. The van der Waals surface area contributed by atoms with Crippen molar-refractivity contribution in [2.45, 2.75) is 77.3 Å². The molecule has 2 aliphatic carbocycles. The lowest BCUT2D eigenvalue weighted by Crippen LogP contribution is -2.36. The zero-order valence-electron chi connectivity index (χ0n) is 13.1. The van der Waals surface area contributed by atoms with E-state index in [1.807, 2.05) is 0 Å². The van der Waals surface area contributed by atoms with E-state index in [2.05, 4.69) is 37.4 Å². The van der Waals surface area contributed by atoms with Gasteiger partial charge in [-0.2, -0.15) is 0 Å². The van der Waals surface area contributed by atoms with Crippen molar-refractivity contribution in [3.63, 3.8) is 0 Å². The van der Waals surface area contributed by atoms with Crippen LogP contribution in [-0.4, -0.2) is 6.04 Å². The van der Waals surface area contributed by atoms with E-state index < -0.39 is 0 Å². The van der Waals surface area contributed by atoms with Crippen LogP contribution in [0.2, 0.25) is 0 Å². The standard InChI is InChI=1S/C19H29N/c1-14-7-4-3-5-10-19(14)20-15(2)17-12-11-16-8-6-9-18(16)13-17/h11-15,19-20H,3-10H2,1-2H3. The van der Waals surface area contributed by atoms with Gasteiger partial charge in [0.25, 0.3) is 0 Å². The second-order valence-corrected chi connectivity index (χ2v) is 6.99. The summed E-state index contributed by atoms with van der Waals surface area (Å²) in [6.45, 7) is 4.77. The van der Waals surface area contributed by atoms with Crippen LogP contribution in [-0.2, 0) is 12.8 Å². The molecule has 0 amide bonds. The number of aryl methyl sites for hydroxylation is 2. The molecule has 0 aromatic heterocycles. The van der Waals surface area contributed by atoms with Crippen molar-refractivity contribution in [3.05, 3.63) is 34.9 Å². The Morgan fingerprint density at radius 2 is 1.80 bits per heavy atom. The van der Waals surface area contributed by atoms with Gasteiger partial charge in [0.15, 0.2) is 0 Å². The topological polar surface area (TPSA) is 12.0 Å². The predicted octanol–water partition coefficient (Wildman–Crippen LogP) is 4.79. The highest BCUT2D eigenvalue weighted by Gasteiger charge is 2.22. The first-order chi connectivity index (χ1) is 9.74. The van der Waals surface area contributed by atoms with Crippen LogP contribution in [0.25, 0.3) is 0 Å². The van der Waals surface area contributed by atoms with Gasteiger partial charge in [0, 0.05) is 12.1 Å². The van der Waals surface area contributed by atoms with Gasteiger partial charge in [0.2, 0.25) is 0 Å². The first kappa shape index (κ1) is 14.1. The molecule has 0 radical (unpaired) electrons. The minimum absolute atomic E-state index is 0.492. The van der Waals surface area contributed by atoms with Crippen molar-refractivity contribution in [1.29, 1.82) is 0 Å². The van der Waals surface area contributed by atoms with Crippen molar-refractivity contribution < 1.29 is 0 Å². The van der Waals surface area contributed by atoms with Gasteiger partial charge in [-0.3, -0.25) is 0 Å². The maximum absolute atomic E-state index is 3.92. The highest BCUT2D eigenvalue weighted by molar-refractivity contribution is 5.36. The first-order valence-corrected chi connectivity index (χ1v) is 8.62. The van der Waals surface area contributed by atoms with E-state index in [0.29, 0.717) is 12.1 Å². The SMILES string of the molecule is CC(NC1CCCCCC1C)c1ccc2c(c1)CCC2. The molecule has 20 heavy (non-hydrogen) atoms. The van der Waals surface area contributed by atoms with Gasteiger partial charge in [-0.25, -0.2) is 0 Å². The highest BCUT2D eigenvalue weighted by atomic mass is 14.9. The van der Waals surface area contributed by atoms with E-state index in [-0.39, 0.29) is 0 Å². The van der Waals surface area contributed by atoms with Gasteiger partial charge in [0.1, 0.15) is 0 Å². The molecule has 1 fully saturated rings. The first-order valence-electron chi connectivity index (χ1n) is 8.62. The van der Waals surface area contributed by atoms with Crippen molar-refractivity contribution in [2.75, 3.05) is 0 Å². The molecule has 2 aliphatic rings. The van der Waals surface area contributed by atoms with Gasteiger partial charge in [-0.15, -0.1) is 0 Å². The Labute approximate surface area is 124 Å². The zero-order valence-corrected chi connectivity index (χ0v) is 13.1. The van der Waals surface area contributed by atoms with E-state index in [9.17, 15) is 0 Å². The average Bonchev–Trinajstić information content (AvgIpc) is 2.83. The van der Waals surface area contributed by atoms with Crippen LogP contribution in [0.4, 0.5) is 0 Å². The number of hydrogen-bond donors (Lipinski definition) is 1. The molecule has 0 heterocycles. The van der Waals surface area contributed by atoms with Gasteiger partial charge >= 0.3 is 0 Å². The summed E-state index contributed by atoms with van der Waals surface area (Å²) in [5, 5.41) is 3.92. The molecule has 1 heteroatoms. The zero-order chi connectivity index (χ0) is 13.9. The Kier molecular flexibility index (Phi) is 4.45. The maximum Gasteiger partial charge on any atom is 0.0294 e. The molecule has 3 rings (SSSR count). The fourth-order valence-corrected chi connectivity index (χ4v) is 4.02. The van der Waals surface area contributed by atoms with E-state index in [1.54, 1.807) is 11.1 Å². The smallest absolute Gasteiger partial charge is 0.0294 e. The average molecular weight is 271 g/mol. The molecule has 1 nitrogen and oxygen atoms in total. The molecule has 1 aromatic rings. The summed E-state index contributed by atoms with van der Waals surface area (Å²) < 4.78 is 0. The van der Waals surface area contributed by atoms with Gasteiger partial charge in [-0.05, 0) is 61.6 Å². The van der Waals surface area contributed by atoms with Crippen LogP contribution in [0.3, 0.4) is 0 Å². The Morgan fingerprint density at radius 1 is 1.00 bits per heavy atom. The molecule has 0 saturated heterocycles. The van der Waals surface area contributed by atoms with Crippen LogP contribution >= 0.6 is 0 Å². The summed E-state index contributed by atoms with van der Waals surface area (Å²) in [4.78, 5) is 0. The summed E-state index contributed by atoms with van der Waals surface area (Å²) in [6.07, 6.45) is 10.9. The summed E-state index contributed by atoms with van der Waals surface area (Å²) >= 11 is 0. The Hall–Kier alpha value is -0.820. The fraction of sp³-hybridized carbons (Fsp3) is 0.684. The Bertz CT molecular complexity index is 451. The van der Waals surface area contributed by atoms with Gasteiger partial charge < -0.3 is 5.32 Å². The molecular weight excluding hydrogens is 242 g/mol. The van der Waals surface area contributed by atoms with Crippen molar-refractivity contribution in [3.8, 4) is 0 Å². The van der Waals surface area contributed by atoms with Crippen LogP contribution < -0.4 is 5.32 Å². The summed E-state index contributed by atoms with van der Waals surface area (Å²) in [7, 11) is 0. The molecule has 1 aromatic carbocycles. The minimum Gasteiger partial charge on any atom is -0.307 e. The molecule has 3 unspecified atom stereocenters. The lowest BCUT2D eigenvalue weighted by molar-refractivity contribution is 0.330. The van der Waals surface area contributed by atoms with Crippen molar-refractivity contribution in [2.24, 2.45) is 5.92 Å². The van der Waals surface area contributed by atoms with E-state index >= 15 is 0 Å². The minimum atomic E-state index is 0.492. The second kappa shape index (κ2) is 6.30. The van der Waals surface area contributed by atoms with E-state index in [4.69, 9.17) is 0 Å². The predicted molar refractivity (Wildman–Crippen MR) is 86.1 cm³/mol. The number of hydrogen-bond acceptors (Lipinski definition) is 1. The number of fused-ring (bicyclic) bond motifs is 1. The van der Waals surface area contributed by atoms with Crippen molar-refractivity contribution >= 4 is 0 Å². The van der Waals surface area contributed by atoms with Crippen molar-refractivity contribution in [1.82, 2.24) is 5.32 Å². The molecule has 0 aliphatic heterocycles. The van der Waals surface area contributed by atoms with Gasteiger partial charge in [0.05, 0.1) is 0 Å². The van der Waals surface area contributed by atoms with Crippen LogP contribution in [0.5, 0.6) is 0 Å². The number of nitrogens with one attached hydrogen (secondary N) is 1. The second-order valence-electron chi connectivity index (χ2n) is 6.99. The van der Waals surface area contributed by atoms with E-state index in [0.717, 1.165) is 5.92 Å². The third-order valence-electron chi connectivity index (χ3n) is 5.45. The largest absolute Gasteiger partial charge is 0.307 e. The van der Waals surface area contributed by atoms with E-state index in [1.165, 1.54) is 56.9 Å². The summed E-state index contributed by atoms with van der Waals surface area (Å²) in [6, 6.07) is 8.38. The maximum atomic E-state index is 3.92. The molecule has 0 bridgehead atoms. The third-order valence-corrected chi connectivity index (χ3v) is 5.45. The third kappa shape index (κ3) is 3.09. The fourth-order valence-electron chi connectivity index (χ4n) is 4.02. The number of benzene rings is 1. The van der Waals surface area contributed by atoms with Crippen LogP contribution in [0, 0.1) is 5.92 Å². The molecule has 1 N–H and O–H groups in total. The Morgan fingerprint density at radius 3 is 2.70 bits per heavy atom. The Balaban J connectivity index is 1.67. The summed E-state index contributed by atoms with van der Waals surface area (Å²) in [5.74, 6) is 0.828. The number of rotatable bonds is 3. The molecule has 110 valence electrons. The molecule has 3 atom stereocenters. The normalized spacial score (nSPS) is 27.9. The van der Waals surface area contributed by atoms with Crippen LogP contribution in [0.1, 0.15) is 75.1 Å². The quantitative estimate of drug-likeness (QED) is 0.779. The molecule has 1 saturated carbocycles. The molecule has 0 spiro atoms.